The van der Waals surface area contributed by atoms with Crippen molar-refractivity contribution in [3.8, 4) is 0 Å². The lowest BCUT2D eigenvalue weighted by molar-refractivity contribution is -0.174. The van der Waals surface area contributed by atoms with Crippen LogP contribution in [-0.4, -0.2) is 37.5 Å². The number of fused-ring (bicyclic) bond motifs is 1. The average Bonchev–Trinajstić information content (AvgIpc) is 3.74. The molecule has 2 atom stereocenters. The standard InChI is InChI=1S/C23H25F3N6O3/c1-12(23(24,25)26)8-18(33)30-20(14-4-5-14)17-6-7-32-10-15(28-22(32)29-17)9-27-21(34)16-11-35-31-19(16)13-2-3-13/h6-7,10-14,20H,2-5,8-9H2,1H3,(H,27,34)(H,30,33). The fraction of sp³-hybridized carbons (Fsp3) is 0.522. The molecule has 0 bridgehead atoms. The Morgan fingerprint density at radius 3 is 2.69 bits per heavy atom. The molecule has 2 amide bonds. The monoisotopic (exact) mass is 490 g/mol. The molecular weight excluding hydrogens is 465 g/mol. The number of rotatable bonds is 9. The van der Waals surface area contributed by atoms with E-state index in [4.69, 9.17) is 4.52 Å². The van der Waals surface area contributed by atoms with Crippen LogP contribution >= 0.6 is 0 Å². The van der Waals surface area contributed by atoms with Crippen LogP contribution in [0.5, 0.6) is 0 Å². The van der Waals surface area contributed by atoms with Gasteiger partial charge in [-0.3, -0.25) is 14.0 Å². The molecule has 0 radical (unpaired) electrons. The molecule has 0 saturated heterocycles. The van der Waals surface area contributed by atoms with Crippen LogP contribution in [0.2, 0.25) is 0 Å². The molecule has 9 nitrogen and oxygen atoms in total. The summed E-state index contributed by atoms with van der Waals surface area (Å²) in [6.45, 7) is 1.17. The molecule has 3 heterocycles. The van der Waals surface area contributed by atoms with Crippen molar-refractivity contribution in [3.63, 3.8) is 0 Å². The number of nitrogens with zero attached hydrogens (tertiary/aromatic N) is 4. The van der Waals surface area contributed by atoms with Gasteiger partial charge in [-0.25, -0.2) is 9.97 Å². The molecule has 2 unspecified atom stereocenters. The molecule has 2 saturated carbocycles. The van der Waals surface area contributed by atoms with Crippen LogP contribution in [0.25, 0.3) is 5.78 Å². The van der Waals surface area contributed by atoms with E-state index in [1.807, 2.05) is 0 Å². The molecule has 186 valence electrons. The second-order valence-corrected chi connectivity index (χ2v) is 9.39. The number of carbonyl (C=O) groups excluding carboxylic acids is 2. The first-order valence-corrected chi connectivity index (χ1v) is 11.6. The van der Waals surface area contributed by atoms with E-state index in [2.05, 4.69) is 25.8 Å². The van der Waals surface area contributed by atoms with E-state index in [0.29, 0.717) is 28.4 Å². The molecule has 35 heavy (non-hydrogen) atoms. The highest BCUT2D eigenvalue weighted by Gasteiger charge is 2.39. The van der Waals surface area contributed by atoms with Crippen molar-refractivity contribution in [2.45, 2.75) is 63.7 Å². The lowest BCUT2D eigenvalue weighted by atomic mass is 10.0. The molecule has 0 spiro atoms. The van der Waals surface area contributed by atoms with Crippen molar-refractivity contribution in [2.24, 2.45) is 11.8 Å². The maximum absolute atomic E-state index is 12.8. The lowest BCUT2D eigenvalue weighted by Crippen LogP contribution is -2.34. The summed E-state index contributed by atoms with van der Waals surface area (Å²) < 4.78 is 45.2. The van der Waals surface area contributed by atoms with Gasteiger partial charge in [0.25, 0.3) is 5.91 Å². The zero-order valence-electron chi connectivity index (χ0n) is 19.0. The van der Waals surface area contributed by atoms with E-state index in [0.717, 1.165) is 32.6 Å². The van der Waals surface area contributed by atoms with Gasteiger partial charge in [0, 0.05) is 24.7 Å². The number of imidazole rings is 1. The lowest BCUT2D eigenvalue weighted by Gasteiger charge is -2.20. The minimum Gasteiger partial charge on any atom is -0.364 e. The fourth-order valence-corrected chi connectivity index (χ4v) is 4.02. The number of halogens is 3. The Kier molecular flexibility index (Phi) is 5.97. The fourth-order valence-electron chi connectivity index (χ4n) is 4.02. The van der Waals surface area contributed by atoms with Crippen LogP contribution < -0.4 is 10.6 Å². The van der Waals surface area contributed by atoms with Crippen molar-refractivity contribution < 1.29 is 27.3 Å². The van der Waals surface area contributed by atoms with Crippen LogP contribution in [0.15, 0.2) is 29.2 Å². The zero-order valence-corrected chi connectivity index (χ0v) is 19.0. The van der Waals surface area contributed by atoms with E-state index >= 15 is 0 Å². The first kappa shape index (κ1) is 23.3. The predicted octanol–water partition coefficient (Wildman–Crippen LogP) is 3.68. The van der Waals surface area contributed by atoms with Gasteiger partial charge in [0.1, 0.15) is 11.8 Å². The molecule has 2 fully saturated rings. The maximum atomic E-state index is 12.8. The second kappa shape index (κ2) is 8.97. The van der Waals surface area contributed by atoms with Gasteiger partial charge >= 0.3 is 6.18 Å². The van der Waals surface area contributed by atoms with Gasteiger partial charge in [-0.2, -0.15) is 13.2 Å². The molecule has 2 aliphatic rings. The first-order valence-electron chi connectivity index (χ1n) is 11.6. The molecule has 3 aromatic rings. The summed E-state index contributed by atoms with van der Waals surface area (Å²) in [5, 5.41) is 9.48. The highest BCUT2D eigenvalue weighted by Crippen LogP contribution is 2.41. The van der Waals surface area contributed by atoms with E-state index in [1.54, 1.807) is 22.9 Å². The highest BCUT2D eigenvalue weighted by molar-refractivity contribution is 5.95. The van der Waals surface area contributed by atoms with Crippen molar-refractivity contribution in [1.29, 1.82) is 0 Å². The number of hydrogen-bond acceptors (Lipinski definition) is 6. The molecule has 2 aliphatic carbocycles. The van der Waals surface area contributed by atoms with E-state index in [9.17, 15) is 22.8 Å². The Balaban J connectivity index is 1.25. The Morgan fingerprint density at radius 1 is 1.23 bits per heavy atom. The van der Waals surface area contributed by atoms with Crippen molar-refractivity contribution in [2.75, 3.05) is 0 Å². The summed E-state index contributed by atoms with van der Waals surface area (Å²) in [5.74, 6) is -1.88. The highest BCUT2D eigenvalue weighted by atomic mass is 19.4. The van der Waals surface area contributed by atoms with E-state index in [1.165, 1.54) is 6.26 Å². The third-order valence-electron chi connectivity index (χ3n) is 6.41. The third kappa shape index (κ3) is 5.30. The van der Waals surface area contributed by atoms with E-state index < -0.39 is 30.5 Å². The predicted molar refractivity (Wildman–Crippen MR) is 116 cm³/mol. The number of carbonyl (C=O) groups is 2. The largest absolute Gasteiger partial charge is 0.392 e. The van der Waals surface area contributed by atoms with Gasteiger partial charge in [-0.15, -0.1) is 0 Å². The molecule has 3 aromatic heterocycles. The number of amides is 2. The molecule has 0 aromatic carbocycles. The Morgan fingerprint density at radius 2 is 2.00 bits per heavy atom. The van der Waals surface area contributed by atoms with Crippen LogP contribution in [-0.2, 0) is 11.3 Å². The maximum Gasteiger partial charge on any atom is 0.392 e. The van der Waals surface area contributed by atoms with Crippen LogP contribution in [0.3, 0.4) is 0 Å². The molecule has 0 aliphatic heterocycles. The van der Waals surface area contributed by atoms with E-state index in [-0.39, 0.29) is 24.3 Å². The van der Waals surface area contributed by atoms with Gasteiger partial charge in [0.05, 0.1) is 35.6 Å². The minimum atomic E-state index is -4.42. The molecule has 12 heteroatoms. The second-order valence-electron chi connectivity index (χ2n) is 9.39. The normalized spacial score (nSPS) is 17.8. The van der Waals surface area contributed by atoms with Crippen LogP contribution in [0.4, 0.5) is 13.2 Å². The summed E-state index contributed by atoms with van der Waals surface area (Å²) in [6.07, 6.45) is 3.50. The van der Waals surface area contributed by atoms with Gasteiger partial charge < -0.3 is 15.2 Å². The number of alkyl halides is 3. The Labute approximate surface area is 198 Å². The summed E-state index contributed by atoms with van der Waals surface area (Å²) >= 11 is 0. The topological polar surface area (TPSA) is 114 Å². The SMILES string of the molecule is CC(CC(=O)NC(c1ccn2cc(CNC(=O)c3conc3C3CC3)nc2n1)C1CC1)C(F)(F)F. The number of nitrogens with one attached hydrogen (secondary N) is 2. The number of aromatic nitrogens is 4. The minimum absolute atomic E-state index is 0.132. The Bertz CT molecular complexity index is 1240. The third-order valence-corrected chi connectivity index (χ3v) is 6.41. The van der Waals surface area contributed by atoms with Crippen molar-refractivity contribution in [1.82, 2.24) is 30.2 Å². The number of hydrogen-bond donors (Lipinski definition) is 2. The summed E-state index contributed by atoms with van der Waals surface area (Å²) in [7, 11) is 0. The van der Waals surface area contributed by atoms with Gasteiger partial charge in [-0.1, -0.05) is 12.1 Å². The smallest absolute Gasteiger partial charge is 0.364 e. The van der Waals surface area contributed by atoms with Crippen LogP contribution in [0.1, 0.15) is 78.4 Å². The van der Waals surface area contributed by atoms with Crippen molar-refractivity contribution in [3.05, 3.63) is 47.4 Å². The van der Waals surface area contributed by atoms with Gasteiger partial charge in [0.2, 0.25) is 11.7 Å². The summed E-state index contributed by atoms with van der Waals surface area (Å²) in [5.41, 5.74) is 2.24. The quantitative estimate of drug-likeness (QED) is 0.473. The van der Waals surface area contributed by atoms with Crippen molar-refractivity contribution >= 4 is 17.6 Å². The zero-order chi connectivity index (χ0) is 24.7. The average molecular weight is 490 g/mol. The van der Waals surface area contributed by atoms with Gasteiger partial charge in [0.15, 0.2) is 0 Å². The molecule has 2 N–H and O–H groups in total. The summed E-state index contributed by atoms with van der Waals surface area (Å²) in [6, 6.07) is 1.26. The van der Waals surface area contributed by atoms with Gasteiger partial charge in [-0.05, 0) is 37.7 Å². The molecule has 5 rings (SSSR count). The van der Waals surface area contributed by atoms with Crippen LogP contribution in [0, 0.1) is 11.8 Å². The summed E-state index contributed by atoms with van der Waals surface area (Å²) in [4.78, 5) is 33.8. The molecular formula is C23H25F3N6O3. The Hall–Kier alpha value is -3.44. The first-order chi connectivity index (χ1) is 16.7.